The Bertz CT molecular complexity index is 543. The van der Waals surface area contributed by atoms with Crippen LogP contribution in [0, 0.1) is 13.8 Å². The Morgan fingerprint density at radius 1 is 1.30 bits per heavy atom. The third-order valence-electron chi connectivity index (χ3n) is 3.71. The average molecular weight is 294 g/mol. The zero-order valence-electron chi connectivity index (χ0n) is 13.1. The van der Waals surface area contributed by atoms with Crippen molar-refractivity contribution < 1.29 is 0 Å². The molecule has 0 spiro atoms. The molecule has 0 atom stereocenters. The number of likely N-dealkylation sites (N-methyl/N-ethyl adjacent to an activating group) is 1. The molecule has 0 aliphatic carbocycles. The lowest BCUT2D eigenvalue weighted by atomic mass is 10.3. The topological polar surface area (TPSA) is 32.6 Å². The van der Waals surface area contributed by atoms with E-state index in [1.54, 1.807) is 11.3 Å². The fourth-order valence-electron chi connectivity index (χ4n) is 2.56. The average Bonchev–Trinajstić information content (AvgIpc) is 2.93. The Kier molecular flexibility index (Phi) is 5.57. The summed E-state index contributed by atoms with van der Waals surface area (Å²) in [6, 6.07) is 0. The summed E-state index contributed by atoms with van der Waals surface area (Å²) < 4.78 is 2.27. The third-order valence-corrected chi connectivity index (χ3v) is 4.66. The quantitative estimate of drug-likeness (QED) is 0.760. The van der Waals surface area contributed by atoms with Crippen LogP contribution in [0.3, 0.4) is 0 Å². The summed E-state index contributed by atoms with van der Waals surface area (Å²) >= 11 is 1.72. The van der Waals surface area contributed by atoms with Crippen molar-refractivity contribution >= 4 is 16.3 Å². The summed E-state index contributed by atoms with van der Waals surface area (Å²) in [6.45, 7) is 14.1. The molecule has 4 nitrogen and oxygen atoms in total. The number of nitrogens with zero attached hydrogens (tertiary/aromatic N) is 3. The number of aryl methyl sites for hydroxylation is 2. The van der Waals surface area contributed by atoms with Crippen LogP contribution < -0.4 is 5.32 Å². The van der Waals surface area contributed by atoms with Gasteiger partial charge in [0.25, 0.3) is 0 Å². The number of thiazole rings is 1. The van der Waals surface area contributed by atoms with Crippen molar-refractivity contribution in [3.63, 3.8) is 0 Å². The van der Waals surface area contributed by atoms with Crippen LogP contribution >= 0.6 is 11.3 Å². The van der Waals surface area contributed by atoms with Crippen molar-refractivity contribution in [3.05, 3.63) is 22.5 Å². The van der Waals surface area contributed by atoms with E-state index in [1.807, 2.05) is 0 Å². The standard InChI is InChI=1S/C15H26N4S/c1-5-8-18(6-2)9-7-16-10-14-13(4)17-15-19(14)12(3)11-20-15/h11,16H,5-10H2,1-4H3. The van der Waals surface area contributed by atoms with Gasteiger partial charge in [-0.1, -0.05) is 13.8 Å². The molecule has 0 unspecified atom stereocenters. The highest BCUT2D eigenvalue weighted by molar-refractivity contribution is 7.15. The fraction of sp³-hybridized carbons (Fsp3) is 0.667. The van der Waals surface area contributed by atoms with Crippen molar-refractivity contribution in [2.45, 2.75) is 40.7 Å². The molecule has 0 radical (unpaired) electrons. The highest BCUT2D eigenvalue weighted by atomic mass is 32.1. The molecule has 0 aliphatic rings. The molecule has 2 rings (SSSR count). The molecule has 5 heteroatoms. The first-order valence-corrected chi connectivity index (χ1v) is 8.40. The van der Waals surface area contributed by atoms with Gasteiger partial charge in [0, 0.05) is 30.7 Å². The minimum Gasteiger partial charge on any atom is -0.310 e. The maximum atomic E-state index is 4.62. The molecule has 0 bridgehead atoms. The number of nitrogens with one attached hydrogen (secondary N) is 1. The smallest absolute Gasteiger partial charge is 0.194 e. The summed E-state index contributed by atoms with van der Waals surface area (Å²) in [5, 5.41) is 5.74. The molecule has 112 valence electrons. The Morgan fingerprint density at radius 2 is 2.10 bits per heavy atom. The van der Waals surface area contributed by atoms with E-state index in [1.165, 1.54) is 24.4 Å². The molecule has 2 aromatic rings. The molecule has 2 aromatic heterocycles. The largest absolute Gasteiger partial charge is 0.310 e. The van der Waals surface area contributed by atoms with Gasteiger partial charge in [-0.05, 0) is 33.4 Å². The van der Waals surface area contributed by atoms with Gasteiger partial charge in [-0.25, -0.2) is 4.98 Å². The molecule has 1 N–H and O–H groups in total. The molecule has 0 saturated carbocycles. The van der Waals surface area contributed by atoms with E-state index in [2.05, 4.69) is 52.7 Å². The van der Waals surface area contributed by atoms with Gasteiger partial charge in [0.1, 0.15) is 0 Å². The Labute approximate surface area is 125 Å². The van der Waals surface area contributed by atoms with Crippen LogP contribution in [0.15, 0.2) is 5.38 Å². The number of rotatable bonds is 8. The molecule has 20 heavy (non-hydrogen) atoms. The van der Waals surface area contributed by atoms with E-state index in [0.717, 1.165) is 36.8 Å². The summed E-state index contributed by atoms with van der Waals surface area (Å²) in [5.74, 6) is 0. The number of hydrogen-bond donors (Lipinski definition) is 1. The van der Waals surface area contributed by atoms with E-state index in [4.69, 9.17) is 0 Å². The predicted molar refractivity (Wildman–Crippen MR) is 86.7 cm³/mol. The van der Waals surface area contributed by atoms with Crippen LogP contribution in [0.2, 0.25) is 0 Å². The predicted octanol–water partition coefficient (Wildman–Crippen LogP) is 2.83. The number of imidazole rings is 1. The summed E-state index contributed by atoms with van der Waals surface area (Å²) in [5.41, 5.74) is 3.73. The number of hydrogen-bond acceptors (Lipinski definition) is 4. The summed E-state index contributed by atoms with van der Waals surface area (Å²) in [6.07, 6.45) is 1.23. The second kappa shape index (κ2) is 7.20. The van der Waals surface area contributed by atoms with E-state index >= 15 is 0 Å². The second-order valence-electron chi connectivity index (χ2n) is 5.25. The summed E-state index contributed by atoms with van der Waals surface area (Å²) in [7, 11) is 0. The molecule has 0 amide bonds. The normalized spacial score (nSPS) is 11.8. The van der Waals surface area contributed by atoms with Gasteiger partial charge in [-0.2, -0.15) is 0 Å². The zero-order valence-corrected chi connectivity index (χ0v) is 13.9. The molecule has 0 fully saturated rings. The molecular weight excluding hydrogens is 268 g/mol. The monoisotopic (exact) mass is 294 g/mol. The van der Waals surface area contributed by atoms with Gasteiger partial charge in [0.05, 0.1) is 11.4 Å². The minimum absolute atomic E-state index is 0.897. The molecule has 2 heterocycles. The highest BCUT2D eigenvalue weighted by Crippen LogP contribution is 2.20. The first-order chi connectivity index (χ1) is 9.67. The van der Waals surface area contributed by atoms with Crippen LogP contribution in [-0.2, 0) is 6.54 Å². The van der Waals surface area contributed by atoms with Crippen LogP contribution in [0.5, 0.6) is 0 Å². The number of aromatic nitrogens is 2. The summed E-state index contributed by atoms with van der Waals surface area (Å²) in [4.78, 5) is 8.22. The van der Waals surface area contributed by atoms with Crippen LogP contribution in [-0.4, -0.2) is 40.5 Å². The lowest BCUT2D eigenvalue weighted by Crippen LogP contribution is -2.32. The molecular formula is C15H26N4S. The van der Waals surface area contributed by atoms with Crippen molar-refractivity contribution in [2.75, 3.05) is 26.2 Å². The first kappa shape index (κ1) is 15.5. The Morgan fingerprint density at radius 3 is 2.80 bits per heavy atom. The SMILES string of the molecule is CCCN(CC)CCNCc1c(C)nc2scc(C)n12. The van der Waals surface area contributed by atoms with E-state index in [9.17, 15) is 0 Å². The highest BCUT2D eigenvalue weighted by Gasteiger charge is 2.11. The van der Waals surface area contributed by atoms with Crippen LogP contribution in [0.1, 0.15) is 37.4 Å². The third kappa shape index (κ3) is 3.40. The van der Waals surface area contributed by atoms with Gasteiger partial charge in [0.2, 0.25) is 0 Å². The van der Waals surface area contributed by atoms with Gasteiger partial charge >= 0.3 is 0 Å². The van der Waals surface area contributed by atoms with Crippen molar-refractivity contribution in [2.24, 2.45) is 0 Å². The molecule has 0 saturated heterocycles. The molecule has 0 aliphatic heterocycles. The van der Waals surface area contributed by atoms with Crippen LogP contribution in [0.4, 0.5) is 0 Å². The van der Waals surface area contributed by atoms with E-state index < -0.39 is 0 Å². The van der Waals surface area contributed by atoms with E-state index in [-0.39, 0.29) is 0 Å². The number of fused-ring (bicyclic) bond motifs is 1. The van der Waals surface area contributed by atoms with Crippen molar-refractivity contribution in [1.29, 1.82) is 0 Å². The fourth-order valence-corrected chi connectivity index (χ4v) is 3.49. The van der Waals surface area contributed by atoms with Gasteiger partial charge in [0.15, 0.2) is 4.96 Å². The maximum Gasteiger partial charge on any atom is 0.194 e. The van der Waals surface area contributed by atoms with Crippen molar-refractivity contribution in [1.82, 2.24) is 19.6 Å². The minimum atomic E-state index is 0.897. The van der Waals surface area contributed by atoms with E-state index in [0.29, 0.717) is 0 Å². The Hall–Kier alpha value is -0.910. The lowest BCUT2D eigenvalue weighted by molar-refractivity contribution is 0.287. The van der Waals surface area contributed by atoms with Crippen molar-refractivity contribution in [3.8, 4) is 0 Å². The van der Waals surface area contributed by atoms with Gasteiger partial charge < -0.3 is 10.2 Å². The van der Waals surface area contributed by atoms with Crippen LogP contribution in [0.25, 0.3) is 4.96 Å². The lowest BCUT2D eigenvalue weighted by Gasteiger charge is -2.19. The maximum absolute atomic E-state index is 4.62. The van der Waals surface area contributed by atoms with Gasteiger partial charge in [-0.3, -0.25) is 4.40 Å². The first-order valence-electron chi connectivity index (χ1n) is 7.52. The second-order valence-corrected chi connectivity index (χ2v) is 6.09. The van der Waals surface area contributed by atoms with Gasteiger partial charge in [-0.15, -0.1) is 11.3 Å². The zero-order chi connectivity index (χ0) is 14.5. The molecule has 0 aromatic carbocycles. The Balaban J connectivity index is 1.89.